The molecule has 0 radical (unpaired) electrons. The molecule has 2 N–H and O–H groups in total. The Morgan fingerprint density at radius 3 is 2.69 bits per heavy atom. The van der Waals surface area contributed by atoms with Crippen molar-refractivity contribution >= 4 is 45.6 Å². The first-order valence-corrected chi connectivity index (χ1v) is 9.68. The van der Waals surface area contributed by atoms with E-state index in [0.717, 1.165) is 16.6 Å². The van der Waals surface area contributed by atoms with Crippen LogP contribution >= 0.6 is 22.9 Å². The number of rotatable bonds is 6. The monoisotopic (exact) mass is 518 g/mol. The summed E-state index contributed by atoms with van der Waals surface area (Å²) in [6, 6.07) is 5.27. The zero-order chi connectivity index (χ0) is 21.2. The molecule has 29 heavy (non-hydrogen) atoms. The third-order valence-electron chi connectivity index (χ3n) is 4.48. The molecule has 1 atom stereocenters. The summed E-state index contributed by atoms with van der Waals surface area (Å²) in [5, 5.41) is 5.74. The first-order chi connectivity index (χ1) is 13.6. The number of halogens is 4. The average Bonchev–Trinajstić information content (AvgIpc) is 3.02. The van der Waals surface area contributed by atoms with Gasteiger partial charge in [0.05, 0.1) is 22.9 Å². The van der Waals surface area contributed by atoms with Gasteiger partial charge in [0.2, 0.25) is 5.91 Å². The lowest BCUT2D eigenvalue weighted by Crippen LogP contribution is -2.52. The molecule has 0 fully saturated rings. The van der Waals surface area contributed by atoms with E-state index in [1.54, 1.807) is 19.2 Å². The van der Waals surface area contributed by atoms with Crippen molar-refractivity contribution in [3.63, 3.8) is 0 Å². The van der Waals surface area contributed by atoms with Gasteiger partial charge in [-0.05, 0) is 31.5 Å². The molecular formula is C18H18F3IN6O. The number of nitrogens with one attached hydrogen (secondary N) is 2. The predicted octanol–water partition coefficient (Wildman–Crippen LogP) is 3.95. The van der Waals surface area contributed by atoms with Crippen LogP contribution in [0.5, 0.6) is 0 Å². The SMILES string of the molecule is CC[C@@](C)(Nc1ccnc(-c2cn(I)c3ncccc23)n1)C(=O)NCC(F)(F)F. The van der Waals surface area contributed by atoms with Crippen LogP contribution in [0.2, 0.25) is 0 Å². The average molecular weight is 518 g/mol. The van der Waals surface area contributed by atoms with Crippen molar-refractivity contribution in [3.05, 3.63) is 36.8 Å². The maximum atomic E-state index is 12.4. The molecule has 11 heteroatoms. The number of hydrogen-bond acceptors (Lipinski definition) is 5. The molecule has 3 rings (SSSR count). The number of pyridine rings is 1. The highest BCUT2D eigenvalue weighted by Gasteiger charge is 2.35. The number of carbonyl (C=O) groups excluding carboxylic acids is 1. The predicted molar refractivity (Wildman–Crippen MR) is 112 cm³/mol. The Hall–Kier alpha value is -2.44. The Kier molecular flexibility index (Phi) is 5.96. The van der Waals surface area contributed by atoms with Crippen molar-refractivity contribution < 1.29 is 18.0 Å². The Bertz CT molecular complexity index is 1040. The minimum atomic E-state index is -4.48. The fourth-order valence-corrected chi connectivity index (χ4v) is 3.38. The number of amides is 1. The molecule has 3 heterocycles. The van der Waals surface area contributed by atoms with Crippen molar-refractivity contribution in [2.75, 3.05) is 11.9 Å². The van der Waals surface area contributed by atoms with Gasteiger partial charge in [-0.3, -0.25) is 7.58 Å². The van der Waals surface area contributed by atoms with Gasteiger partial charge in [-0.15, -0.1) is 0 Å². The fourth-order valence-electron chi connectivity index (χ4n) is 2.72. The van der Waals surface area contributed by atoms with Gasteiger partial charge in [-0.1, -0.05) is 6.92 Å². The minimum absolute atomic E-state index is 0.257. The molecule has 154 valence electrons. The molecule has 0 saturated carbocycles. The Balaban J connectivity index is 1.87. The molecular weight excluding hydrogens is 500 g/mol. The second-order valence-electron chi connectivity index (χ2n) is 6.60. The maximum absolute atomic E-state index is 12.4. The van der Waals surface area contributed by atoms with Crippen LogP contribution in [0.3, 0.4) is 0 Å². The lowest BCUT2D eigenvalue weighted by atomic mass is 9.97. The molecule has 3 aromatic rings. The van der Waals surface area contributed by atoms with Gasteiger partial charge in [0.1, 0.15) is 23.5 Å². The van der Waals surface area contributed by atoms with E-state index in [0.29, 0.717) is 11.6 Å². The van der Waals surface area contributed by atoms with Gasteiger partial charge in [-0.25, -0.2) is 15.0 Å². The number of nitrogens with zero attached hydrogens (tertiary/aromatic N) is 4. The quantitative estimate of drug-likeness (QED) is 0.483. The third kappa shape index (κ3) is 4.77. The molecule has 0 aromatic carbocycles. The van der Waals surface area contributed by atoms with Crippen LogP contribution in [-0.2, 0) is 4.79 Å². The summed E-state index contributed by atoms with van der Waals surface area (Å²) >= 11 is 2.10. The highest BCUT2D eigenvalue weighted by atomic mass is 127. The van der Waals surface area contributed by atoms with Crippen LogP contribution in [0, 0.1) is 0 Å². The zero-order valence-electron chi connectivity index (χ0n) is 15.6. The first kappa shape index (κ1) is 21.3. The molecule has 0 spiro atoms. The molecule has 0 saturated heterocycles. The first-order valence-electron chi connectivity index (χ1n) is 8.72. The second kappa shape index (κ2) is 8.13. The van der Waals surface area contributed by atoms with Gasteiger partial charge in [0, 0.05) is 29.5 Å². The number of aromatic nitrogens is 4. The van der Waals surface area contributed by atoms with E-state index >= 15 is 0 Å². The Morgan fingerprint density at radius 2 is 2.00 bits per heavy atom. The number of alkyl halides is 3. The molecule has 7 nitrogen and oxygen atoms in total. The Morgan fingerprint density at radius 1 is 1.24 bits per heavy atom. The van der Waals surface area contributed by atoms with Gasteiger partial charge in [0.25, 0.3) is 0 Å². The molecule has 0 aliphatic heterocycles. The van der Waals surface area contributed by atoms with E-state index in [-0.39, 0.29) is 6.42 Å². The van der Waals surface area contributed by atoms with Crippen molar-refractivity contribution in [3.8, 4) is 11.4 Å². The van der Waals surface area contributed by atoms with Crippen LogP contribution in [0.1, 0.15) is 20.3 Å². The largest absolute Gasteiger partial charge is 0.405 e. The number of hydrogen-bond donors (Lipinski definition) is 2. The standard InChI is InChI=1S/C18H18F3IN6O/c1-3-17(2,16(29)25-10-18(19,20)21)27-13-6-8-23-14(26-13)12-9-28(22)15-11(12)5-4-7-24-15/h4-9H,3,10H2,1-2H3,(H,25,29)(H,23,26,27)/t17-/m1/s1. The van der Waals surface area contributed by atoms with Gasteiger partial charge >= 0.3 is 6.18 Å². The summed E-state index contributed by atoms with van der Waals surface area (Å²) < 4.78 is 39.2. The van der Waals surface area contributed by atoms with Crippen LogP contribution < -0.4 is 10.6 Å². The lowest BCUT2D eigenvalue weighted by Gasteiger charge is -2.29. The van der Waals surface area contributed by atoms with E-state index in [2.05, 4.69) is 43.1 Å². The summed E-state index contributed by atoms with van der Waals surface area (Å²) in [5.41, 5.74) is 0.247. The smallest absolute Gasteiger partial charge is 0.356 e. The van der Waals surface area contributed by atoms with Crippen molar-refractivity contribution in [1.29, 1.82) is 0 Å². The maximum Gasteiger partial charge on any atom is 0.405 e. The second-order valence-corrected chi connectivity index (χ2v) is 7.64. The highest BCUT2D eigenvalue weighted by molar-refractivity contribution is 14.1. The third-order valence-corrected chi connectivity index (χ3v) is 5.22. The minimum Gasteiger partial charge on any atom is -0.356 e. The van der Waals surface area contributed by atoms with E-state index in [1.807, 2.05) is 26.4 Å². The summed E-state index contributed by atoms with van der Waals surface area (Å²) in [7, 11) is 0. The summed E-state index contributed by atoms with van der Waals surface area (Å²) in [4.78, 5) is 25.4. The van der Waals surface area contributed by atoms with Crippen LogP contribution in [-0.4, -0.2) is 41.9 Å². The van der Waals surface area contributed by atoms with Crippen molar-refractivity contribution in [2.45, 2.75) is 32.0 Å². The number of carbonyl (C=O) groups is 1. The summed E-state index contributed by atoms with van der Waals surface area (Å²) in [6.45, 7) is 1.85. The van der Waals surface area contributed by atoms with E-state index in [1.165, 1.54) is 13.1 Å². The molecule has 0 bridgehead atoms. The van der Waals surface area contributed by atoms with Gasteiger partial charge in [0.15, 0.2) is 5.82 Å². The van der Waals surface area contributed by atoms with Crippen molar-refractivity contribution in [2.24, 2.45) is 0 Å². The summed E-state index contributed by atoms with van der Waals surface area (Å²) in [5.74, 6) is -0.0112. The number of fused-ring (bicyclic) bond motifs is 1. The highest BCUT2D eigenvalue weighted by Crippen LogP contribution is 2.29. The fraction of sp³-hybridized carbons (Fsp3) is 0.333. The lowest BCUT2D eigenvalue weighted by molar-refractivity contribution is -0.140. The molecule has 0 aliphatic rings. The van der Waals surface area contributed by atoms with E-state index < -0.39 is 24.2 Å². The molecule has 3 aromatic heterocycles. The van der Waals surface area contributed by atoms with Crippen molar-refractivity contribution in [1.82, 2.24) is 23.0 Å². The normalized spacial score (nSPS) is 13.9. The Labute approximate surface area is 178 Å². The van der Waals surface area contributed by atoms with Crippen LogP contribution in [0.25, 0.3) is 22.4 Å². The van der Waals surface area contributed by atoms with E-state index in [4.69, 9.17) is 0 Å². The molecule has 0 unspecified atom stereocenters. The van der Waals surface area contributed by atoms with E-state index in [9.17, 15) is 18.0 Å². The van der Waals surface area contributed by atoms with Crippen LogP contribution in [0.4, 0.5) is 19.0 Å². The van der Waals surface area contributed by atoms with Gasteiger partial charge < -0.3 is 10.6 Å². The zero-order valence-corrected chi connectivity index (χ0v) is 17.7. The van der Waals surface area contributed by atoms with Gasteiger partial charge in [-0.2, -0.15) is 13.2 Å². The molecule has 0 aliphatic carbocycles. The topological polar surface area (TPSA) is 84.7 Å². The molecule has 1 amide bonds. The number of anilines is 1. The summed E-state index contributed by atoms with van der Waals surface area (Å²) in [6.07, 6.45) is 0.834. The van der Waals surface area contributed by atoms with Crippen LogP contribution in [0.15, 0.2) is 36.8 Å².